The van der Waals surface area contributed by atoms with Gasteiger partial charge in [-0.1, -0.05) is 60.1 Å². The van der Waals surface area contributed by atoms with Crippen LogP contribution < -0.4 is 10.1 Å². The Kier molecular flexibility index (Phi) is 8.01. The number of ether oxygens (including phenoxy) is 1. The largest absolute Gasteiger partial charge is 0.484 e. The first-order valence-corrected chi connectivity index (χ1v) is 11.3. The SMILES string of the molecule is CCc1ccccc1NC(=O)CSc1nnc(COc2cc(Cl)ccc2Cl)n1CC. The fraction of sp³-hybridized carbons (Fsp3) is 0.286. The lowest BCUT2D eigenvalue weighted by Crippen LogP contribution is -2.16. The zero-order chi connectivity index (χ0) is 21.5. The molecule has 0 spiro atoms. The van der Waals surface area contributed by atoms with Gasteiger partial charge in [-0.2, -0.15) is 0 Å². The van der Waals surface area contributed by atoms with Crippen molar-refractivity contribution in [2.75, 3.05) is 11.1 Å². The molecule has 0 unspecified atom stereocenters. The summed E-state index contributed by atoms with van der Waals surface area (Å²) in [5.41, 5.74) is 1.95. The monoisotopic (exact) mass is 464 g/mol. The number of carbonyl (C=O) groups excluding carboxylic acids is 1. The second-order valence-corrected chi connectivity index (χ2v) is 8.14. The van der Waals surface area contributed by atoms with Crippen molar-refractivity contribution in [2.24, 2.45) is 0 Å². The molecule has 0 saturated carbocycles. The topological polar surface area (TPSA) is 69.0 Å². The highest BCUT2D eigenvalue weighted by atomic mass is 35.5. The van der Waals surface area contributed by atoms with Gasteiger partial charge in [0, 0.05) is 23.3 Å². The molecular weight excluding hydrogens is 443 g/mol. The first-order chi connectivity index (χ1) is 14.5. The fourth-order valence-corrected chi connectivity index (χ4v) is 4.00. The third-order valence-corrected chi connectivity index (χ3v) is 5.88. The maximum Gasteiger partial charge on any atom is 0.234 e. The minimum atomic E-state index is -0.0879. The van der Waals surface area contributed by atoms with Crippen molar-refractivity contribution in [3.05, 3.63) is 63.9 Å². The van der Waals surface area contributed by atoms with E-state index in [4.69, 9.17) is 27.9 Å². The van der Waals surface area contributed by atoms with E-state index >= 15 is 0 Å². The highest BCUT2D eigenvalue weighted by Gasteiger charge is 2.15. The Hall–Kier alpha value is -2.22. The molecule has 9 heteroatoms. The Morgan fingerprint density at radius 2 is 1.97 bits per heavy atom. The summed E-state index contributed by atoms with van der Waals surface area (Å²) in [6.07, 6.45) is 0.855. The lowest BCUT2D eigenvalue weighted by Gasteiger charge is -2.11. The van der Waals surface area contributed by atoms with Crippen molar-refractivity contribution in [2.45, 2.75) is 38.6 Å². The number of aromatic nitrogens is 3. The average Bonchev–Trinajstić information content (AvgIpc) is 3.15. The van der Waals surface area contributed by atoms with E-state index < -0.39 is 0 Å². The smallest absolute Gasteiger partial charge is 0.234 e. The van der Waals surface area contributed by atoms with Gasteiger partial charge in [0.05, 0.1) is 10.8 Å². The summed E-state index contributed by atoms with van der Waals surface area (Å²) >= 11 is 13.5. The van der Waals surface area contributed by atoms with Gasteiger partial charge in [-0.25, -0.2) is 0 Å². The van der Waals surface area contributed by atoms with Crippen LogP contribution in [0.3, 0.4) is 0 Å². The van der Waals surface area contributed by atoms with Crippen LogP contribution in [-0.2, 0) is 24.4 Å². The van der Waals surface area contributed by atoms with Gasteiger partial charge >= 0.3 is 0 Å². The van der Waals surface area contributed by atoms with E-state index in [-0.39, 0.29) is 18.3 Å². The van der Waals surface area contributed by atoms with Crippen LogP contribution in [0.4, 0.5) is 5.69 Å². The van der Waals surface area contributed by atoms with Crippen molar-refractivity contribution in [3.8, 4) is 5.75 Å². The summed E-state index contributed by atoms with van der Waals surface area (Å²) in [4.78, 5) is 12.4. The standard InChI is InChI=1S/C21H22Cl2N4O2S/c1-3-14-7-5-6-8-17(14)24-20(28)13-30-21-26-25-19(27(21)4-2)12-29-18-11-15(22)9-10-16(18)23/h5-11H,3-4,12-13H2,1-2H3,(H,24,28). The summed E-state index contributed by atoms with van der Waals surface area (Å²) in [6, 6.07) is 12.8. The van der Waals surface area contributed by atoms with Gasteiger partial charge in [-0.05, 0) is 37.1 Å². The molecule has 1 amide bonds. The number of benzene rings is 2. The predicted octanol–water partition coefficient (Wildman–Crippen LogP) is 5.48. The molecule has 0 fully saturated rings. The van der Waals surface area contributed by atoms with Gasteiger partial charge in [0.15, 0.2) is 11.0 Å². The lowest BCUT2D eigenvalue weighted by atomic mass is 10.1. The van der Waals surface area contributed by atoms with Gasteiger partial charge in [-0.15, -0.1) is 10.2 Å². The number of para-hydroxylation sites is 1. The van der Waals surface area contributed by atoms with Crippen molar-refractivity contribution >= 4 is 46.6 Å². The maximum absolute atomic E-state index is 12.4. The van der Waals surface area contributed by atoms with E-state index in [1.54, 1.807) is 18.2 Å². The lowest BCUT2D eigenvalue weighted by molar-refractivity contribution is -0.113. The molecule has 1 heterocycles. The number of anilines is 1. The first kappa shape index (κ1) is 22.5. The summed E-state index contributed by atoms with van der Waals surface area (Å²) in [5.74, 6) is 1.28. The van der Waals surface area contributed by atoms with E-state index in [2.05, 4.69) is 22.4 Å². The molecule has 1 aromatic heterocycles. The number of aryl methyl sites for hydroxylation is 1. The highest BCUT2D eigenvalue weighted by molar-refractivity contribution is 7.99. The van der Waals surface area contributed by atoms with Crippen LogP contribution in [0.25, 0.3) is 0 Å². The molecule has 0 aliphatic rings. The van der Waals surface area contributed by atoms with E-state index in [1.807, 2.05) is 35.8 Å². The molecule has 158 valence electrons. The highest BCUT2D eigenvalue weighted by Crippen LogP contribution is 2.28. The van der Waals surface area contributed by atoms with Gasteiger partial charge in [0.25, 0.3) is 0 Å². The molecule has 3 rings (SSSR count). The van der Waals surface area contributed by atoms with E-state index in [9.17, 15) is 4.79 Å². The Morgan fingerprint density at radius 1 is 1.17 bits per heavy atom. The minimum absolute atomic E-state index is 0.0879. The van der Waals surface area contributed by atoms with Gasteiger partial charge < -0.3 is 14.6 Å². The van der Waals surface area contributed by atoms with Crippen molar-refractivity contribution < 1.29 is 9.53 Å². The molecule has 6 nitrogen and oxygen atoms in total. The van der Waals surface area contributed by atoms with Crippen LogP contribution in [0.5, 0.6) is 5.75 Å². The molecule has 0 aliphatic heterocycles. The number of nitrogens with one attached hydrogen (secondary N) is 1. The summed E-state index contributed by atoms with van der Waals surface area (Å²) in [6.45, 7) is 4.89. The maximum atomic E-state index is 12.4. The second-order valence-electron chi connectivity index (χ2n) is 6.35. The number of rotatable bonds is 9. The molecule has 2 aromatic carbocycles. The average molecular weight is 465 g/mol. The molecule has 0 saturated heterocycles. The molecule has 0 atom stereocenters. The Balaban J connectivity index is 1.61. The fourth-order valence-electron chi connectivity index (χ4n) is 2.85. The molecule has 1 N–H and O–H groups in total. The van der Waals surface area contributed by atoms with Crippen LogP contribution in [0.1, 0.15) is 25.2 Å². The summed E-state index contributed by atoms with van der Waals surface area (Å²) in [5, 5.41) is 13.0. The molecule has 0 aliphatic carbocycles. The van der Waals surface area contributed by atoms with Crippen molar-refractivity contribution in [1.29, 1.82) is 0 Å². The normalized spacial score (nSPS) is 10.8. The van der Waals surface area contributed by atoms with E-state index in [0.717, 1.165) is 17.7 Å². The van der Waals surface area contributed by atoms with Crippen molar-refractivity contribution in [1.82, 2.24) is 14.8 Å². The molecule has 0 bridgehead atoms. The van der Waals surface area contributed by atoms with Gasteiger partial charge in [-0.3, -0.25) is 4.79 Å². The second kappa shape index (κ2) is 10.7. The number of amides is 1. The molecule has 30 heavy (non-hydrogen) atoms. The Bertz CT molecular complexity index is 1030. The quantitative estimate of drug-likeness (QED) is 0.424. The van der Waals surface area contributed by atoms with E-state index in [0.29, 0.717) is 33.3 Å². The van der Waals surface area contributed by atoms with Crippen LogP contribution in [0.15, 0.2) is 47.6 Å². The van der Waals surface area contributed by atoms with Gasteiger partial charge in [0.1, 0.15) is 12.4 Å². The van der Waals surface area contributed by atoms with Crippen LogP contribution >= 0.6 is 35.0 Å². The third-order valence-electron chi connectivity index (χ3n) is 4.36. The van der Waals surface area contributed by atoms with Crippen LogP contribution in [-0.4, -0.2) is 26.4 Å². The number of thioether (sulfide) groups is 1. The van der Waals surface area contributed by atoms with Crippen LogP contribution in [0.2, 0.25) is 10.0 Å². The summed E-state index contributed by atoms with van der Waals surface area (Å²) < 4.78 is 7.67. The third kappa shape index (κ3) is 5.68. The number of halogens is 2. The molecular formula is C21H22Cl2N4O2S. The zero-order valence-corrected chi connectivity index (χ0v) is 19.0. The van der Waals surface area contributed by atoms with Crippen molar-refractivity contribution in [3.63, 3.8) is 0 Å². The molecule has 0 radical (unpaired) electrons. The zero-order valence-electron chi connectivity index (χ0n) is 16.7. The number of hydrogen-bond donors (Lipinski definition) is 1. The number of hydrogen-bond acceptors (Lipinski definition) is 5. The summed E-state index contributed by atoms with van der Waals surface area (Å²) in [7, 11) is 0. The predicted molar refractivity (Wildman–Crippen MR) is 122 cm³/mol. The Morgan fingerprint density at radius 3 is 2.73 bits per heavy atom. The number of carbonyl (C=O) groups is 1. The number of nitrogens with zero attached hydrogens (tertiary/aromatic N) is 3. The molecule has 3 aromatic rings. The van der Waals surface area contributed by atoms with E-state index in [1.165, 1.54) is 11.8 Å². The Labute approximate surface area is 189 Å². The van der Waals surface area contributed by atoms with Gasteiger partial charge in [0.2, 0.25) is 5.91 Å². The minimum Gasteiger partial charge on any atom is -0.484 e. The first-order valence-electron chi connectivity index (χ1n) is 9.52. The van der Waals surface area contributed by atoms with Crippen LogP contribution in [0, 0.1) is 0 Å².